The molecule has 3 nitrogen and oxygen atoms in total. The van der Waals surface area contributed by atoms with Gasteiger partial charge >= 0.3 is 0 Å². The summed E-state index contributed by atoms with van der Waals surface area (Å²) in [5, 5.41) is 6.18. The maximum Gasteiger partial charge on any atom is 0.122 e. The van der Waals surface area contributed by atoms with E-state index in [0.29, 0.717) is 6.61 Å². The summed E-state index contributed by atoms with van der Waals surface area (Å²) in [6, 6.07) is 10.3. The molecule has 2 heterocycles. The van der Waals surface area contributed by atoms with Crippen LogP contribution >= 0.6 is 23.2 Å². The normalized spacial score (nSPS) is 16.3. The molecular formula is C24H26Cl2N2O. The Labute approximate surface area is 181 Å². The van der Waals surface area contributed by atoms with E-state index in [1.807, 2.05) is 12.1 Å². The molecule has 152 valence electrons. The van der Waals surface area contributed by atoms with Gasteiger partial charge < -0.3 is 14.6 Å². The number of ether oxygens (including phenoxy) is 1. The predicted octanol–water partition coefficient (Wildman–Crippen LogP) is 5.59. The first-order valence-electron chi connectivity index (χ1n) is 10.7. The van der Waals surface area contributed by atoms with Gasteiger partial charge in [0, 0.05) is 24.0 Å². The van der Waals surface area contributed by atoms with Crippen LogP contribution in [0.25, 0.3) is 10.9 Å². The number of benzene rings is 2. The van der Waals surface area contributed by atoms with Crippen molar-refractivity contribution >= 4 is 34.1 Å². The molecule has 0 fully saturated rings. The van der Waals surface area contributed by atoms with E-state index in [-0.39, 0.29) is 0 Å². The van der Waals surface area contributed by atoms with Crippen molar-refractivity contribution < 1.29 is 4.74 Å². The Morgan fingerprint density at radius 2 is 1.72 bits per heavy atom. The predicted molar refractivity (Wildman–Crippen MR) is 121 cm³/mol. The van der Waals surface area contributed by atoms with Crippen LogP contribution in [0.1, 0.15) is 35.2 Å². The molecule has 5 rings (SSSR count). The number of aryl methyl sites for hydroxylation is 1. The fourth-order valence-electron chi connectivity index (χ4n) is 5.01. The van der Waals surface area contributed by atoms with E-state index >= 15 is 0 Å². The second-order valence-corrected chi connectivity index (χ2v) is 8.84. The van der Waals surface area contributed by atoms with Gasteiger partial charge in [0.2, 0.25) is 0 Å². The number of halogens is 2. The molecule has 0 saturated carbocycles. The van der Waals surface area contributed by atoms with Crippen LogP contribution in [0.5, 0.6) is 5.75 Å². The monoisotopic (exact) mass is 428 g/mol. The Balaban J connectivity index is 1.47. The van der Waals surface area contributed by atoms with Gasteiger partial charge in [0.25, 0.3) is 0 Å². The van der Waals surface area contributed by atoms with Gasteiger partial charge in [0.1, 0.15) is 12.4 Å². The first-order valence-corrected chi connectivity index (χ1v) is 11.4. The number of nitrogens with zero attached hydrogens (tertiary/aromatic N) is 1. The number of nitrogens with one attached hydrogen (secondary N) is 1. The number of hydrogen-bond donors (Lipinski definition) is 1. The summed E-state index contributed by atoms with van der Waals surface area (Å²) in [6.45, 7) is 3.35. The molecule has 29 heavy (non-hydrogen) atoms. The van der Waals surface area contributed by atoms with Crippen LogP contribution < -0.4 is 10.1 Å². The molecule has 2 aromatic carbocycles. The van der Waals surface area contributed by atoms with E-state index < -0.39 is 0 Å². The third kappa shape index (κ3) is 3.54. The summed E-state index contributed by atoms with van der Waals surface area (Å²) in [4.78, 5) is 0. The molecule has 1 aliphatic heterocycles. The lowest BCUT2D eigenvalue weighted by atomic mass is 9.91. The third-order valence-electron chi connectivity index (χ3n) is 6.34. The third-order valence-corrected chi connectivity index (χ3v) is 6.96. The van der Waals surface area contributed by atoms with Crippen LogP contribution in [0.2, 0.25) is 10.0 Å². The van der Waals surface area contributed by atoms with Crippen molar-refractivity contribution in [2.45, 2.75) is 45.1 Å². The molecule has 3 aromatic rings. The Hall–Kier alpha value is -1.68. The summed E-state index contributed by atoms with van der Waals surface area (Å²) in [5.41, 5.74) is 6.60. The van der Waals surface area contributed by atoms with Gasteiger partial charge in [-0.3, -0.25) is 0 Å². The maximum absolute atomic E-state index is 6.65. The van der Waals surface area contributed by atoms with Crippen molar-refractivity contribution in [3.05, 3.63) is 62.8 Å². The van der Waals surface area contributed by atoms with E-state index in [0.717, 1.165) is 65.6 Å². The zero-order valence-electron chi connectivity index (χ0n) is 16.6. The molecule has 0 unspecified atom stereocenters. The zero-order chi connectivity index (χ0) is 19.8. The number of hydrogen-bond acceptors (Lipinski definition) is 2. The molecule has 0 spiro atoms. The van der Waals surface area contributed by atoms with Crippen LogP contribution in [0, 0.1) is 0 Å². The van der Waals surface area contributed by atoms with Crippen LogP contribution in [-0.2, 0) is 32.2 Å². The lowest BCUT2D eigenvalue weighted by molar-refractivity contribution is 0.294. The summed E-state index contributed by atoms with van der Waals surface area (Å²) in [5.74, 6) is 1.05. The van der Waals surface area contributed by atoms with E-state index in [2.05, 4.69) is 28.1 Å². The maximum atomic E-state index is 6.65. The number of aromatic nitrogens is 1. The Kier molecular flexibility index (Phi) is 5.47. The minimum absolute atomic E-state index is 0.628. The van der Waals surface area contributed by atoms with Crippen LogP contribution in [0.4, 0.5) is 0 Å². The SMILES string of the molecule is Clc1ccc(Cl)c2c1c1c(n2CCOc2cccc3c2CCCC3)CCNCC1. The molecular weight excluding hydrogens is 403 g/mol. The van der Waals surface area contributed by atoms with E-state index in [9.17, 15) is 0 Å². The summed E-state index contributed by atoms with van der Waals surface area (Å²) in [6.07, 6.45) is 6.79. The van der Waals surface area contributed by atoms with Crippen molar-refractivity contribution in [1.29, 1.82) is 0 Å². The van der Waals surface area contributed by atoms with Crippen molar-refractivity contribution in [3.63, 3.8) is 0 Å². The van der Waals surface area contributed by atoms with E-state index in [1.54, 1.807) is 0 Å². The highest BCUT2D eigenvalue weighted by molar-refractivity contribution is 6.40. The average Bonchev–Trinajstić information content (AvgIpc) is 2.88. The average molecular weight is 429 g/mol. The van der Waals surface area contributed by atoms with Gasteiger partial charge in [0.05, 0.1) is 22.1 Å². The molecule has 2 aliphatic rings. The fraction of sp³-hybridized carbons (Fsp3) is 0.417. The molecule has 0 atom stereocenters. The fourth-order valence-corrected chi connectivity index (χ4v) is 5.54. The van der Waals surface area contributed by atoms with Gasteiger partial charge in [-0.2, -0.15) is 0 Å². The minimum Gasteiger partial charge on any atom is -0.491 e. The minimum atomic E-state index is 0.628. The first-order chi connectivity index (χ1) is 14.2. The summed E-state index contributed by atoms with van der Waals surface area (Å²) < 4.78 is 8.65. The quantitative estimate of drug-likeness (QED) is 0.585. The van der Waals surface area contributed by atoms with Gasteiger partial charge in [-0.1, -0.05) is 35.3 Å². The van der Waals surface area contributed by atoms with Gasteiger partial charge in [0.15, 0.2) is 0 Å². The highest BCUT2D eigenvalue weighted by Crippen LogP contribution is 2.37. The lowest BCUT2D eigenvalue weighted by Crippen LogP contribution is -2.18. The second kappa shape index (κ2) is 8.22. The van der Waals surface area contributed by atoms with Gasteiger partial charge in [-0.25, -0.2) is 0 Å². The number of rotatable bonds is 4. The lowest BCUT2D eigenvalue weighted by Gasteiger charge is -2.20. The van der Waals surface area contributed by atoms with Gasteiger partial charge in [-0.05, 0) is 73.5 Å². The Morgan fingerprint density at radius 1 is 0.897 bits per heavy atom. The Bertz CT molecular complexity index is 1060. The summed E-state index contributed by atoms with van der Waals surface area (Å²) >= 11 is 13.3. The standard InChI is InChI=1S/C24H26Cl2N2O/c25-19-8-9-20(26)24-23(19)18-10-12-27-13-11-21(18)28(24)14-15-29-22-7-3-5-16-4-1-2-6-17(16)22/h3,5,7-9,27H,1-2,4,6,10-15H2. The van der Waals surface area contributed by atoms with Gasteiger partial charge in [-0.15, -0.1) is 0 Å². The number of fused-ring (bicyclic) bond motifs is 4. The summed E-state index contributed by atoms with van der Waals surface area (Å²) in [7, 11) is 0. The van der Waals surface area contributed by atoms with Crippen LogP contribution in [-0.4, -0.2) is 24.3 Å². The van der Waals surface area contributed by atoms with Crippen LogP contribution in [0.15, 0.2) is 30.3 Å². The van der Waals surface area contributed by atoms with Crippen molar-refractivity contribution in [3.8, 4) is 5.75 Å². The molecule has 1 N–H and O–H groups in total. The highest BCUT2D eigenvalue weighted by Gasteiger charge is 2.22. The van der Waals surface area contributed by atoms with Crippen molar-refractivity contribution in [1.82, 2.24) is 9.88 Å². The molecule has 0 bridgehead atoms. The molecule has 5 heteroatoms. The largest absolute Gasteiger partial charge is 0.491 e. The Morgan fingerprint density at radius 3 is 2.66 bits per heavy atom. The second-order valence-electron chi connectivity index (χ2n) is 8.03. The smallest absolute Gasteiger partial charge is 0.122 e. The molecule has 1 aromatic heterocycles. The van der Waals surface area contributed by atoms with Crippen LogP contribution in [0.3, 0.4) is 0 Å². The zero-order valence-corrected chi connectivity index (χ0v) is 18.1. The van der Waals surface area contributed by atoms with Crippen molar-refractivity contribution in [2.75, 3.05) is 19.7 Å². The molecule has 0 amide bonds. The van der Waals surface area contributed by atoms with E-state index in [1.165, 1.54) is 41.6 Å². The van der Waals surface area contributed by atoms with E-state index in [4.69, 9.17) is 27.9 Å². The molecule has 0 saturated heterocycles. The molecule has 0 radical (unpaired) electrons. The topological polar surface area (TPSA) is 26.2 Å². The first kappa shape index (κ1) is 19.3. The highest BCUT2D eigenvalue weighted by atomic mass is 35.5. The molecule has 1 aliphatic carbocycles. The van der Waals surface area contributed by atoms with Crippen molar-refractivity contribution in [2.24, 2.45) is 0 Å².